The van der Waals surface area contributed by atoms with Gasteiger partial charge in [-0.15, -0.1) is 0 Å². The van der Waals surface area contributed by atoms with Gasteiger partial charge in [0.15, 0.2) is 16.4 Å². The summed E-state index contributed by atoms with van der Waals surface area (Å²) in [6.45, 7) is 4.58. The molecule has 2 fully saturated rings. The number of halogens is 1. The summed E-state index contributed by atoms with van der Waals surface area (Å²) in [5, 5.41) is 24.4. The summed E-state index contributed by atoms with van der Waals surface area (Å²) in [6, 6.07) is 3.60. The van der Waals surface area contributed by atoms with Crippen molar-refractivity contribution in [2.75, 3.05) is 13.1 Å². The number of sulfonamides is 1. The van der Waals surface area contributed by atoms with Gasteiger partial charge < -0.3 is 14.6 Å². The number of fused-ring (bicyclic) bond motifs is 2. The number of allylic oxidation sites excluding steroid dienone is 2. The summed E-state index contributed by atoms with van der Waals surface area (Å²) in [6.07, 6.45) is -1.73. The fraction of sp³-hybridized carbons (Fsp3) is 0.525. The van der Waals surface area contributed by atoms with Crippen molar-refractivity contribution in [3.05, 3.63) is 85.2 Å². The van der Waals surface area contributed by atoms with E-state index in [0.717, 1.165) is 23.8 Å². The molecule has 0 aromatic heterocycles. The number of carbonyl (C=O) groups excluding carboxylic acids is 4. The molecule has 1 saturated carbocycles. The first-order valence-electron chi connectivity index (χ1n) is 20.4. The minimum absolute atomic E-state index is 0.0428. The molecular weight excluding hydrogens is 870 g/mol. The van der Waals surface area contributed by atoms with Crippen molar-refractivity contribution < 1.29 is 59.9 Å². The van der Waals surface area contributed by atoms with E-state index in [9.17, 15) is 56.1 Å². The Morgan fingerprint density at radius 1 is 1.00 bits per heavy atom. The molecule has 23 heteroatoms. The zero-order chi connectivity index (χ0) is 45.8. The van der Waals surface area contributed by atoms with E-state index in [1.54, 1.807) is 27.0 Å². The Bertz CT molecular complexity index is 2570. The van der Waals surface area contributed by atoms with Gasteiger partial charge in [-0.05, 0) is 77.5 Å². The SMILES string of the molecule is CC(C)(C)OC(=O)N[C@@H]1CC(S(=O)(=O)c2ccccc2[N+](=O)[O-])CCC2=C(C2)/N=C\[C@@H]2CCCN2[C@@H](c2ccc3c(c2F)C(=O)N(C(=O)[O-])[C@H]3C(=O)NS(=O)(=O)C2CC2)CC[N+]1=O. The van der Waals surface area contributed by atoms with E-state index >= 15 is 4.39 Å². The quantitative estimate of drug-likeness (QED) is 0.218. The van der Waals surface area contributed by atoms with Crippen LogP contribution in [0.5, 0.6) is 0 Å². The number of nitrogens with one attached hydrogen (secondary N) is 2. The molecular formula is C40H46FN7O13S2. The zero-order valence-electron chi connectivity index (χ0n) is 34.5. The second-order valence-corrected chi connectivity index (χ2v) is 21.4. The van der Waals surface area contributed by atoms with Gasteiger partial charge in [0.05, 0.1) is 27.4 Å². The molecule has 5 atom stereocenters. The largest absolute Gasteiger partial charge is 0.530 e. The maximum absolute atomic E-state index is 17.1. The van der Waals surface area contributed by atoms with E-state index in [1.165, 1.54) is 18.2 Å². The molecule has 7 rings (SSSR count). The molecule has 1 unspecified atom stereocenters. The number of ether oxygens (including phenoxy) is 1. The lowest BCUT2D eigenvalue weighted by molar-refractivity contribution is -0.592. The Morgan fingerprint density at radius 2 is 1.70 bits per heavy atom. The third-order valence-electron chi connectivity index (χ3n) is 11.7. The Kier molecular flexibility index (Phi) is 12.3. The van der Waals surface area contributed by atoms with Crippen LogP contribution in [0.2, 0.25) is 0 Å². The van der Waals surface area contributed by atoms with Crippen molar-refractivity contribution in [1.82, 2.24) is 19.8 Å². The number of carbonyl (C=O) groups is 4. The van der Waals surface area contributed by atoms with Crippen molar-refractivity contribution >= 4 is 55.8 Å². The standard InChI is InChI=1S/C40H46FN7O13S2/c1-40(2,3)61-38(51)43-32-20-25(62(57,58)31-9-5-4-8-30(31)48(55)56)11-10-22-19-28(22)42-21-23-7-6-17-45(23)29(16-18-46(32)54)26-14-15-27-33(34(26)41)37(50)47(39(52)53)35(27)36(49)44-63(59,60)24-12-13-24/h4-5,8-9,14-15,21,23-25,29,32,35H,6-7,10-13,16-20H2,1-3H3,(H2-,43,44,49,51,52,53)/b42-21-/t23-,25?,29+,32-,35+/m0/s1. The van der Waals surface area contributed by atoms with E-state index in [2.05, 4.69) is 10.3 Å². The summed E-state index contributed by atoms with van der Waals surface area (Å²) in [4.78, 5) is 84.0. The number of nitro benzene ring substituents is 1. The number of benzene rings is 2. The molecule has 2 aromatic rings. The average molecular weight is 916 g/mol. The van der Waals surface area contributed by atoms with Crippen LogP contribution >= 0.6 is 0 Å². The monoisotopic (exact) mass is 915 g/mol. The number of sulfone groups is 1. The average Bonchev–Trinajstić information content (AvgIpc) is 4.12. The van der Waals surface area contributed by atoms with Crippen LogP contribution in [0, 0.1) is 20.8 Å². The minimum Gasteiger partial charge on any atom is -0.530 e. The predicted molar refractivity (Wildman–Crippen MR) is 218 cm³/mol. The molecule has 20 nitrogen and oxygen atoms in total. The van der Waals surface area contributed by atoms with Crippen molar-refractivity contribution in [1.29, 1.82) is 0 Å². The van der Waals surface area contributed by atoms with Crippen LogP contribution < -0.4 is 15.1 Å². The molecule has 2 aromatic carbocycles. The Balaban J connectivity index is 1.28. The van der Waals surface area contributed by atoms with Gasteiger partial charge in [0.25, 0.3) is 23.7 Å². The van der Waals surface area contributed by atoms with Gasteiger partial charge in [0.2, 0.25) is 10.0 Å². The van der Waals surface area contributed by atoms with Gasteiger partial charge in [0, 0.05) is 63.7 Å². The Morgan fingerprint density at radius 3 is 2.37 bits per heavy atom. The van der Waals surface area contributed by atoms with Gasteiger partial charge in [-0.2, -0.15) is 0 Å². The van der Waals surface area contributed by atoms with Crippen LogP contribution in [-0.4, -0.2) is 108 Å². The fourth-order valence-corrected chi connectivity index (χ4v) is 11.7. The summed E-state index contributed by atoms with van der Waals surface area (Å²) in [5.74, 6) is -4.08. The van der Waals surface area contributed by atoms with Crippen LogP contribution in [0.4, 0.5) is 19.7 Å². The topological polar surface area (TPSA) is 275 Å². The van der Waals surface area contributed by atoms with Gasteiger partial charge in [-0.1, -0.05) is 24.3 Å². The van der Waals surface area contributed by atoms with E-state index in [-0.39, 0.29) is 42.6 Å². The van der Waals surface area contributed by atoms with E-state index < -0.39 is 130 Å². The number of para-hydroxylation sites is 1. The second-order valence-electron chi connectivity index (χ2n) is 17.2. The van der Waals surface area contributed by atoms with Crippen LogP contribution in [0.25, 0.3) is 0 Å². The van der Waals surface area contributed by atoms with Gasteiger partial charge in [-0.25, -0.2) is 26.0 Å². The molecule has 2 aliphatic carbocycles. The second kappa shape index (κ2) is 17.1. The number of nitro groups is 1. The third kappa shape index (κ3) is 9.49. The first-order chi connectivity index (χ1) is 29.6. The van der Waals surface area contributed by atoms with E-state index in [4.69, 9.17) is 4.74 Å². The van der Waals surface area contributed by atoms with Crippen LogP contribution in [0.15, 0.2) is 57.6 Å². The fourth-order valence-electron chi connectivity index (χ4n) is 8.47. The molecule has 1 saturated heterocycles. The predicted octanol–water partition coefficient (Wildman–Crippen LogP) is 3.46. The maximum Gasteiger partial charge on any atom is 0.412 e. The number of imide groups is 1. The highest BCUT2D eigenvalue weighted by molar-refractivity contribution is 7.92. The molecule has 3 aliphatic heterocycles. The Labute approximate surface area is 361 Å². The zero-order valence-corrected chi connectivity index (χ0v) is 36.2. The first kappa shape index (κ1) is 45.3. The molecule has 0 spiro atoms. The number of nitrogens with zero attached hydrogens (tertiary/aromatic N) is 5. The third-order valence-corrected chi connectivity index (χ3v) is 15.8. The molecule has 5 aliphatic rings. The number of nitroso groups, excluding NO2 is 1. The number of amides is 4. The van der Waals surface area contributed by atoms with E-state index in [0.29, 0.717) is 36.3 Å². The summed E-state index contributed by atoms with van der Waals surface area (Å²) in [7, 11) is -8.78. The summed E-state index contributed by atoms with van der Waals surface area (Å²) < 4.78 is 78.7. The molecule has 3 heterocycles. The normalized spacial score (nSPS) is 25.2. The molecule has 0 radical (unpaired) electrons. The summed E-state index contributed by atoms with van der Waals surface area (Å²) >= 11 is 0. The van der Waals surface area contributed by atoms with Crippen molar-refractivity contribution in [3.63, 3.8) is 0 Å². The molecule has 2 N–H and O–H groups in total. The smallest absolute Gasteiger partial charge is 0.412 e. The van der Waals surface area contributed by atoms with Gasteiger partial charge in [0.1, 0.15) is 28.4 Å². The maximum atomic E-state index is 17.1. The highest BCUT2D eigenvalue weighted by Gasteiger charge is 2.48. The first-order valence-corrected chi connectivity index (χ1v) is 23.5. The molecule has 4 amide bonds. The lowest BCUT2D eigenvalue weighted by atomic mass is 9.94. The summed E-state index contributed by atoms with van der Waals surface area (Å²) in [5.41, 5.74) is -1.63. The van der Waals surface area contributed by atoms with Gasteiger partial charge >= 0.3 is 6.09 Å². The van der Waals surface area contributed by atoms with Crippen LogP contribution in [0.1, 0.15) is 112 Å². The molecule has 63 heavy (non-hydrogen) atoms. The number of hydrogen-bond donors (Lipinski definition) is 2. The Hall–Kier alpha value is -5.68. The lowest BCUT2D eigenvalue weighted by Gasteiger charge is -2.32. The van der Waals surface area contributed by atoms with Crippen LogP contribution in [0.3, 0.4) is 0 Å². The molecule has 338 valence electrons. The van der Waals surface area contributed by atoms with Crippen LogP contribution in [-0.2, 0) is 29.4 Å². The number of rotatable bonds is 8. The van der Waals surface area contributed by atoms with Gasteiger partial charge in [-0.3, -0.25) is 44.5 Å². The molecule has 0 bridgehead atoms. The number of carboxylic acid groups (broad SMARTS) is 1. The number of alkyl carbamates (subject to hydrolysis) is 1. The highest BCUT2D eigenvalue weighted by atomic mass is 32.2. The highest BCUT2D eigenvalue weighted by Crippen LogP contribution is 2.43. The number of hydrogen-bond acceptors (Lipinski definition) is 15. The van der Waals surface area contributed by atoms with Crippen molar-refractivity contribution in [3.8, 4) is 0 Å². The lowest BCUT2D eigenvalue weighted by Crippen LogP contribution is -2.49. The van der Waals surface area contributed by atoms with Crippen molar-refractivity contribution in [2.24, 2.45) is 4.99 Å². The van der Waals surface area contributed by atoms with Crippen molar-refractivity contribution in [2.45, 2.75) is 124 Å². The van der Waals surface area contributed by atoms with E-state index in [1.807, 2.05) is 9.62 Å². The minimum atomic E-state index is -4.56. The number of aliphatic imine (C=N–C) groups is 1.